The van der Waals surface area contributed by atoms with E-state index in [-0.39, 0.29) is 30.7 Å². The zero-order valence-electron chi connectivity index (χ0n) is 9.78. The van der Waals surface area contributed by atoms with Crippen molar-refractivity contribution in [2.24, 2.45) is 0 Å². The fourth-order valence-electron chi connectivity index (χ4n) is 2.03. The third-order valence-corrected chi connectivity index (χ3v) is 2.95. The van der Waals surface area contributed by atoms with E-state index in [2.05, 4.69) is 10.2 Å². The van der Waals surface area contributed by atoms with Crippen molar-refractivity contribution in [3.63, 3.8) is 0 Å². The van der Waals surface area contributed by atoms with Gasteiger partial charge in [0.15, 0.2) is 0 Å². The van der Waals surface area contributed by atoms with Crippen LogP contribution in [0.3, 0.4) is 0 Å². The van der Waals surface area contributed by atoms with E-state index in [1.807, 2.05) is 0 Å². The Bertz CT molecular complexity index is 399. The van der Waals surface area contributed by atoms with Crippen molar-refractivity contribution in [2.75, 3.05) is 31.1 Å². The van der Waals surface area contributed by atoms with Crippen molar-refractivity contribution in [3.8, 4) is 0 Å². The first-order valence-corrected chi connectivity index (χ1v) is 5.55. The summed E-state index contributed by atoms with van der Waals surface area (Å²) >= 11 is 0. The van der Waals surface area contributed by atoms with Gasteiger partial charge < -0.3 is 15.3 Å². The normalized spacial score (nSPS) is 19.2. The fourth-order valence-corrected chi connectivity index (χ4v) is 2.03. The van der Waals surface area contributed by atoms with Crippen LogP contribution in [0.2, 0.25) is 0 Å². The third-order valence-electron chi connectivity index (χ3n) is 2.95. The largest absolute Gasteiger partial charge is 0.394 e. The second-order valence-corrected chi connectivity index (χ2v) is 4.01. The number of rotatable bonds is 3. The number of aliphatic hydroxyl groups is 1. The van der Waals surface area contributed by atoms with Crippen LogP contribution in [0.5, 0.6) is 0 Å². The smallest absolute Gasteiger partial charge is 0.269 e. The molecule has 1 unspecified atom stereocenters. The quantitative estimate of drug-likeness (QED) is 0.629. The monoisotopic (exact) mass is 273 g/mol. The Labute approximate surface area is 111 Å². The predicted molar refractivity (Wildman–Crippen MR) is 71.4 cm³/mol. The molecule has 1 aliphatic heterocycles. The van der Waals surface area contributed by atoms with Crippen molar-refractivity contribution in [3.05, 3.63) is 34.4 Å². The molecule has 2 rings (SSSR count). The van der Waals surface area contributed by atoms with E-state index in [4.69, 9.17) is 0 Å². The number of hydrogen-bond donors (Lipinski definition) is 2. The zero-order chi connectivity index (χ0) is 12.3. The van der Waals surface area contributed by atoms with E-state index in [1.54, 1.807) is 12.1 Å². The molecule has 1 heterocycles. The van der Waals surface area contributed by atoms with Crippen LogP contribution < -0.4 is 10.2 Å². The van der Waals surface area contributed by atoms with E-state index in [1.165, 1.54) is 12.1 Å². The lowest BCUT2D eigenvalue weighted by Crippen LogP contribution is -2.53. The Hall–Kier alpha value is -1.37. The summed E-state index contributed by atoms with van der Waals surface area (Å²) in [5, 5.41) is 23.0. The van der Waals surface area contributed by atoms with Crippen molar-refractivity contribution >= 4 is 23.8 Å². The van der Waals surface area contributed by atoms with Crippen LogP contribution in [0.15, 0.2) is 24.3 Å². The summed E-state index contributed by atoms with van der Waals surface area (Å²) < 4.78 is 0. The molecule has 0 amide bonds. The molecule has 2 N–H and O–H groups in total. The number of nitro benzene ring substituents is 1. The van der Waals surface area contributed by atoms with Gasteiger partial charge in [0, 0.05) is 37.5 Å². The molecular weight excluding hydrogens is 258 g/mol. The summed E-state index contributed by atoms with van der Waals surface area (Å²) in [5.74, 6) is 0. The highest BCUT2D eigenvalue weighted by molar-refractivity contribution is 5.85. The molecule has 1 saturated heterocycles. The topological polar surface area (TPSA) is 78.6 Å². The minimum absolute atomic E-state index is 0. The molecule has 1 fully saturated rings. The van der Waals surface area contributed by atoms with Gasteiger partial charge in [-0.3, -0.25) is 10.1 Å². The standard InChI is InChI=1S/C11H15N3O3.ClH/c15-8-11-7-12-5-6-13(11)9-1-3-10(4-2-9)14(16)17;/h1-4,11-12,15H,5-8H2;1H. The Morgan fingerprint density at radius 3 is 2.67 bits per heavy atom. The summed E-state index contributed by atoms with van der Waals surface area (Å²) in [6.45, 7) is 2.45. The minimum Gasteiger partial charge on any atom is -0.394 e. The van der Waals surface area contributed by atoms with Gasteiger partial charge in [-0.25, -0.2) is 0 Å². The average Bonchev–Trinajstić information content (AvgIpc) is 2.39. The summed E-state index contributed by atoms with van der Waals surface area (Å²) in [7, 11) is 0. The first-order chi connectivity index (χ1) is 8.22. The van der Waals surface area contributed by atoms with Crippen LogP contribution in [0.4, 0.5) is 11.4 Å². The predicted octanol–water partition coefficient (Wildman–Crippen LogP) is 0.787. The first-order valence-electron chi connectivity index (χ1n) is 5.55. The maximum atomic E-state index is 10.6. The number of non-ortho nitro benzene ring substituents is 1. The molecule has 18 heavy (non-hydrogen) atoms. The number of piperazine rings is 1. The van der Waals surface area contributed by atoms with Gasteiger partial charge in [-0.2, -0.15) is 0 Å². The molecule has 100 valence electrons. The molecule has 0 spiro atoms. The minimum atomic E-state index is -0.412. The Morgan fingerprint density at radius 1 is 1.44 bits per heavy atom. The van der Waals surface area contributed by atoms with Crippen LogP contribution in [0.25, 0.3) is 0 Å². The van der Waals surface area contributed by atoms with Gasteiger partial charge in [-0.05, 0) is 12.1 Å². The van der Waals surface area contributed by atoms with Crippen molar-refractivity contribution in [1.82, 2.24) is 5.32 Å². The van der Waals surface area contributed by atoms with Crippen LogP contribution in [-0.4, -0.2) is 42.3 Å². The van der Waals surface area contributed by atoms with Gasteiger partial charge in [0.2, 0.25) is 0 Å². The molecule has 0 radical (unpaired) electrons. The fraction of sp³-hybridized carbons (Fsp3) is 0.455. The summed E-state index contributed by atoms with van der Waals surface area (Å²) in [4.78, 5) is 12.2. The van der Waals surface area contributed by atoms with Crippen molar-refractivity contribution in [1.29, 1.82) is 0 Å². The van der Waals surface area contributed by atoms with Gasteiger partial charge in [-0.15, -0.1) is 12.4 Å². The van der Waals surface area contributed by atoms with E-state index in [0.717, 1.165) is 25.3 Å². The van der Waals surface area contributed by atoms with Gasteiger partial charge in [0.05, 0.1) is 17.6 Å². The number of nitrogens with one attached hydrogen (secondary N) is 1. The number of nitro groups is 1. The molecule has 1 aromatic carbocycles. The van der Waals surface area contributed by atoms with Gasteiger partial charge >= 0.3 is 0 Å². The van der Waals surface area contributed by atoms with E-state index in [9.17, 15) is 15.2 Å². The number of hydrogen-bond acceptors (Lipinski definition) is 5. The summed E-state index contributed by atoms with van der Waals surface area (Å²) in [5.41, 5.74) is 1.00. The lowest BCUT2D eigenvalue weighted by molar-refractivity contribution is -0.384. The molecular formula is C11H16ClN3O3. The second-order valence-electron chi connectivity index (χ2n) is 4.01. The molecule has 1 aliphatic rings. The molecule has 0 bridgehead atoms. The highest BCUT2D eigenvalue weighted by Crippen LogP contribution is 2.21. The SMILES string of the molecule is Cl.O=[N+]([O-])c1ccc(N2CCNCC2CO)cc1. The molecule has 0 saturated carbocycles. The molecule has 0 aromatic heterocycles. The van der Waals surface area contributed by atoms with Crippen molar-refractivity contribution < 1.29 is 10.0 Å². The van der Waals surface area contributed by atoms with Gasteiger partial charge in [0.25, 0.3) is 5.69 Å². The second kappa shape index (κ2) is 6.53. The number of nitrogens with zero attached hydrogens (tertiary/aromatic N) is 2. The maximum absolute atomic E-state index is 10.6. The molecule has 1 atom stereocenters. The number of aliphatic hydroxyl groups excluding tert-OH is 1. The molecule has 6 nitrogen and oxygen atoms in total. The van der Waals surface area contributed by atoms with Crippen LogP contribution in [0, 0.1) is 10.1 Å². The van der Waals surface area contributed by atoms with Crippen molar-refractivity contribution in [2.45, 2.75) is 6.04 Å². The lowest BCUT2D eigenvalue weighted by Gasteiger charge is -2.36. The molecule has 0 aliphatic carbocycles. The summed E-state index contributed by atoms with van der Waals surface area (Å²) in [6.07, 6.45) is 0. The maximum Gasteiger partial charge on any atom is 0.269 e. The van der Waals surface area contributed by atoms with E-state index < -0.39 is 4.92 Å². The Kier molecular flexibility index (Phi) is 5.33. The average molecular weight is 274 g/mol. The molecule has 1 aromatic rings. The number of halogens is 1. The van der Waals surface area contributed by atoms with Crippen LogP contribution in [0.1, 0.15) is 0 Å². The highest BCUT2D eigenvalue weighted by atomic mass is 35.5. The van der Waals surface area contributed by atoms with Gasteiger partial charge in [-0.1, -0.05) is 0 Å². The summed E-state index contributed by atoms with van der Waals surface area (Å²) in [6, 6.07) is 6.47. The third kappa shape index (κ3) is 3.10. The lowest BCUT2D eigenvalue weighted by atomic mass is 10.1. The van der Waals surface area contributed by atoms with E-state index >= 15 is 0 Å². The molecule has 7 heteroatoms. The Morgan fingerprint density at radius 2 is 2.11 bits per heavy atom. The van der Waals surface area contributed by atoms with Crippen LogP contribution >= 0.6 is 12.4 Å². The zero-order valence-corrected chi connectivity index (χ0v) is 10.6. The van der Waals surface area contributed by atoms with Crippen LogP contribution in [-0.2, 0) is 0 Å². The first kappa shape index (κ1) is 14.7. The number of benzene rings is 1. The number of anilines is 1. The van der Waals surface area contributed by atoms with E-state index in [0.29, 0.717) is 0 Å². The Balaban J connectivity index is 0.00000162. The van der Waals surface area contributed by atoms with Gasteiger partial charge in [0.1, 0.15) is 0 Å². The highest BCUT2D eigenvalue weighted by Gasteiger charge is 2.21.